The van der Waals surface area contributed by atoms with Crippen molar-refractivity contribution in [2.75, 3.05) is 0 Å². The van der Waals surface area contributed by atoms with Gasteiger partial charge < -0.3 is 15.3 Å². The highest BCUT2D eigenvalue weighted by Gasteiger charge is 2.63. The van der Waals surface area contributed by atoms with E-state index in [-0.39, 0.29) is 17.3 Å². The molecule has 0 bridgehead atoms. The second kappa shape index (κ2) is 4.72. The van der Waals surface area contributed by atoms with Crippen molar-refractivity contribution in [1.82, 2.24) is 0 Å². The zero-order valence-electron chi connectivity index (χ0n) is 15.0. The molecule has 4 aliphatic carbocycles. The lowest BCUT2D eigenvalue weighted by Gasteiger charge is -2.59. The first-order valence-electron chi connectivity index (χ1n) is 9.44. The Balaban J connectivity index is 1.72. The third-order valence-corrected chi connectivity index (χ3v) is 8.61. The summed E-state index contributed by atoms with van der Waals surface area (Å²) in [5, 5.41) is 31.3. The van der Waals surface area contributed by atoms with Crippen molar-refractivity contribution in [1.29, 1.82) is 0 Å². The number of carbonyl (C=O) groups is 1. The van der Waals surface area contributed by atoms with Crippen molar-refractivity contribution in [2.24, 2.45) is 28.6 Å². The zero-order chi connectivity index (χ0) is 17.5. The molecule has 0 aromatic rings. The minimum absolute atomic E-state index is 0.0360. The number of rotatable bonds is 0. The minimum atomic E-state index is -2.22. The number of allylic oxidation sites excluding steroid dienone is 1. The standard InChI is InChI=1S/C20H30O4/c1-17-11-20(23,24)16(21)10-12(17)4-5-13-14(17)6-8-18(2)15(13)7-9-19(18,3)22/h10,13-15,22-24H,4-9,11H2,1-3H3/t13-,14+,15+,17+,18+,19+/m1/s1. The molecule has 3 fully saturated rings. The predicted molar refractivity (Wildman–Crippen MR) is 89.9 cm³/mol. The molecule has 3 N–H and O–H groups in total. The molecule has 0 heterocycles. The van der Waals surface area contributed by atoms with Crippen LogP contribution < -0.4 is 0 Å². The van der Waals surface area contributed by atoms with Crippen LogP contribution in [0.5, 0.6) is 0 Å². The number of aliphatic hydroxyl groups is 3. The van der Waals surface area contributed by atoms with Gasteiger partial charge in [-0.3, -0.25) is 4.79 Å². The van der Waals surface area contributed by atoms with E-state index in [9.17, 15) is 20.1 Å². The lowest BCUT2D eigenvalue weighted by atomic mass is 9.46. The van der Waals surface area contributed by atoms with Crippen molar-refractivity contribution >= 4 is 5.78 Å². The average molecular weight is 334 g/mol. The van der Waals surface area contributed by atoms with Gasteiger partial charge in [-0.15, -0.1) is 0 Å². The van der Waals surface area contributed by atoms with Gasteiger partial charge in [0.05, 0.1) is 5.60 Å². The molecule has 4 rings (SSSR count). The molecule has 6 atom stereocenters. The molecule has 0 radical (unpaired) electrons. The van der Waals surface area contributed by atoms with Gasteiger partial charge in [-0.25, -0.2) is 0 Å². The van der Waals surface area contributed by atoms with Crippen LogP contribution >= 0.6 is 0 Å². The smallest absolute Gasteiger partial charge is 0.228 e. The first-order chi connectivity index (χ1) is 11.0. The number of hydrogen-bond acceptors (Lipinski definition) is 4. The van der Waals surface area contributed by atoms with Crippen LogP contribution in [0.2, 0.25) is 0 Å². The highest BCUT2D eigenvalue weighted by atomic mass is 16.5. The van der Waals surface area contributed by atoms with Gasteiger partial charge in [-0.2, -0.15) is 0 Å². The third kappa shape index (κ3) is 1.94. The number of carbonyl (C=O) groups excluding carboxylic acids is 1. The van der Waals surface area contributed by atoms with Crippen molar-refractivity contribution in [3.63, 3.8) is 0 Å². The number of fused-ring (bicyclic) bond motifs is 5. The van der Waals surface area contributed by atoms with Crippen molar-refractivity contribution in [3.05, 3.63) is 11.6 Å². The van der Waals surface area contributed by atoms with E-state index in [1.54, 1.807) is 0 Å². The molecular weight excluding hydrogens is 304 g/mol. The topological polar surface area (TPSA) is 77.8 Å². The van der Waals surface area contributed by atoms with E-state index in [2.05, 4.69) is 13.8 Å². The van der Waals surface area contributed by atoms with Gasteiger partial charge >= 0.3 is 0 Å². The summed E-state index contributed by atoms with van der Waals surface area (Å²) in [5.41, 5.74) is 0.169. The highest BCUT2D eigenvalue weighted by Crippen LogP contribution is 2.67. The Morgan fingerprint density at radius 3 is 2.38 bits per heavy atom. The minimum Gasteiger partial charge on any atom is -0.390 e. The maximum Gasteiger partial charge on any atom is 0.228 e. The SMILES string of the molecule is C[C@]12CC(O)(O)C(=O)C=C1CC[C@@H]1[C@@H]2CC[C@@]2(C)[C@H]1CC[C@]2(C)O. The molecule has 0 aromatic carbocycles. The summed E-state index contributed by atoms with van der Waals surface area (Å²) in [6, 6.07) is 0. The summed E-state index contributed by atoms with van der Waals surface area (Å²) in [6.45, 7) is 6.37. The van der Waals surface area contributed by atoms with Crippen LogP contribution in [-0.2, 0) is 4.79 Å². The lowest BCUT2D eigenvalue weighted by molar-refractivity contribution is -0.201. The Hall–Kier alpha value is -0.710. The van der Waals surface area contributed by atoms with E-state index in [1.807, 2.05) is 6.92 Å². The maximum atomic E-state index is 12.0. The second-order valence-corrected chi connectivity index (χ2v) is 9.63. The fraction of sp³-hybridized carbons (Fsp3) is 0.850. The maximum absolute atomic E-state index is 12.0. The Morgan fingerprint density at radius 2 is 1.67 bits per heavy atom. The highest BCUT2D eigenvalue weighted by molar-refractivity contribution is 5.97. The summed E-state index contributed by atoms with van der Waals surface area (Å²) in [7, 11) is 0. The molecule has 4 aliphatic rings. The molecule has 134 valence electrons. The average Bonchev–Trinajstić information content (AvgIpc) is 2.71. The van der Waals surface area contributed by atoms with Crippen LogP contribution in [-0.4, -0.2) is 32.5 Å². The first-order valence-corrected chi connectivity index (χ1v) is 9.44. The summed E-state index contributed by atoms with van der Waals surface area (Å²) in [6.07, 6.45) is 7.44. The molecule has 0 spiro atoms. The normalized spacial score (nSPS) is 53.0. The van der Waals surface area contributed by atoms with Gasteiger partial charge in [0.2, 0.25) is 11.6 Å². The van der Waals surface area contributed by atoms with Gasteiger partial charge in [0.25, 0.3) is 0 Å². The molecule has 0 aliphatic heterocycles. The molecular formula is C20H30O4. The molecule has 4 nitrogen and oxygen atoms in total. The van der Waals surface area contributed by atoms with Crippen molar-refractivity contribution in [2.45, 2.75) is 77.1 Å². The Bertz CT molecular complexity index is 619. The summed E-state index contributed by atoms with van der Waals surface area (Å²) in [5.74, 6) is -1.41. The van der Waals surface area contributed by atoms with E-state index < -0.39 is 17.2 Å². The Labute approximate surface area is 144 Å². The zero-order valence-corrected chi connectivity index (χ0v) is 15.0. The molecule has 0 unspecified atom stereocenters. The van der Waals surface area contributed by atoms with E-state index in [4.69, 9.17) is 0 Å². The van der Waals surface area contributed by atoms with E-state index in [0.29, 0.717) is 17.8 Å². The van der Waals surface area contributed by atoms with Crippen LogP contribution in [0.15, 0.2) is 11.6 Å². The van der Waals surface area contributed by atoms with Crippen LogP contribution in [0, 0.1) is 28.6 Å². The van der Waals surface area contributed by atoms with Crippen molar-refractivity contribution < 1.29 is 20.1 Å². The Morgan fingerprint density at radius 1 is 1.00 bits per heavy atom. The monoisotopic (exact) mass is 334 g/mol. The molecule has 0 saturated heterocycles. The van der Waals surface area contributed by atoms with E-state index in [1.165, 1.54) is 6.08 Å². The quantitative estimate of drug-likeness (QED) is 0.595. The van der Waals surface area contributed by atoms with E-state index >= 15 is 0 Å². The second-order valence-electron chi connectivity index (χ2n) is 9.63. The first kappa shape index (κ1) is 16.7. The van der Waals surface area contributed by atoms with Gasteiger partial charge in [0.1, 0.15) is 0 Å². The number of hydrogen-bond donors (Lipinski definition) is 3. The molecule has 3 saturated carbocycles. The van der Waals surface area contributed by atoms with Crippen LogP contribution in [0.4, 0.5) is 0 Å². The molecule has 0 amide bonds. The van der Waals surface area contributed by atoms with Crippen LogP contribution in [0.25, 0.3) is 0 Å². The fourth-order valence-corrected chi connectivity index (χ4v) is 6.93. The predicted octanol–water partition coefficient (Wildman–Crippen LogP) is 2.56. The lowest BCUT2D eigenvalue weighted by Crippen LogP contribution is -2.57. The molecule has 0 aromatic heterocycles. The molecule has 24 heavy (non-hydrogen) atoms. The summed E-state index contributed by atoms with van der Waals surface area (Å²) in [4.78, 5) is 12.0. The Kier molecular flexibility index (Phi) is 3.29. The fourth-order valence-electron chi connectivity index (χ4n) is 6.93. The third-order valence-electron chi connectivity index (χ3n) is 8.61. The molecule has 4 heteroatoms. The number of ketones is 1. The van der Waals surface area contributed by atoms with Gasteiger partial charge in [-0.1, -0.05) is 19.4 Å². The van der Waals surface area contributed by atoms with Crippen molar-refractivity contribution in [3.8, 4) is 0 Å². The summed E-state index contributed by atoms with van der Waals surface area (Å²) >= 11 is 0. The van der Waals surface area contributed by atoms with Gasteiger partial charge in [0.15, 0.2) is 0 Å². The van der Waals surface area contributed by atoms with E-state index in [0.717, 1.165) is 44.1 Å². The van der Waals surface area contributed by atoms with Gasteiger partial charge in [-0.05, 0) is 80.1 Å². The van der Waals surface area contributed by atoms with Crippen LogP contribution in [0.3, 0.4) is 0 Å². The summed E-state index contributed by atoms with van der Waals surface area (Å²) < 4.78 is 0. The largest absolute Gasteiger partial charge is 0.390 e. The van der Waals surface area contributed by atoms with Gasteiger partial charge in [0, 0.05) is 6.42 Å². The van der Waals surface area contributed by atoms with Crippen LogP contribution in [0.1, 0.15) is 65.7 Å².